The molecule has 0 N–H and O–H groups in total. The number of rotatable bonds is 8. The van der Waals surface area contributed by atoms with Crippen molar-refractivity contribution in [3.8, 4) is 5.75 Å². The summed E-state index contributed by atoms with van der Waals surface area (Å²) in [5.41, 5.74) is -4.30. The van der Waals surface area contributed by atoms with E-state index in [1.54, 1.807) is 7.11 Å². The van der Waals surface area contributed by atoms with E-state index in [9.17, 15) is 21.6 Å². The van der Waals surface area contributed by atoms with Crippen molar-refractivity contribution in [2.24, 2.45) is 0 Å². The summed E-state index contributed by atoms with van der Waals surface area (Å²) in [4.78, 5) is 0. The lowest BCUT2D eigenvalue weighted by molar-refractivity contribution is -0.0494. The maximum absolute atomic E-state index is 12.0. The van der Waals surface area contributed by atoms with Gasteiger partial charge in [-0.25, -0.2) is 0 Å². The van der Waals surface area contributed by atoms with Crippen LogP contribution in [0.1, 0.15) is 18.4 Å². The maximum atomic E-state index is 12.0. The maximum Gasteiger partial charge on any atom is 0.524 e. The third-order valence-corrected chi connectivity index (χ3v) is 4.65. The smallest absolute Gasteiger partial charge is 0.497 e. The number of hydrogen-bond donors (Lipinski definition) is 0. The van der Waals surface area contributed by atoms with Gasteiger partial charge in [-0.1, -0.05) is 12.1 Å². The predicted molar refractivity (Wildman–Crippen MR) is 74.4 cm³/mol. The summed E-state index contributed by atoms with van der Waals surface area (Å²) in [5.74, 6) is 0.922. The van der Waals surface area contributed by atoms with E-state index in [0.717, 1.165) is 24.2 Å². The van der Waals surface area contributed by atoms with Gasteiger partial charge in [-0.3, -0.25) is 0 Å². The molecule has 0 aliphatic heterocycles. The summed E-state index contributed by atoms with van der Waals surface area (Å²) in [6.07, 6.45) is 2.01. The molecule has 0 amide bonds. The second-order valence-electron chi connectivity index (χ2n) is 4.10. The van der Waals surface area contributed by atoms with Crippen molar-refractivity contribution in [1.29, 1.82) is 0 Å². The number of methoxy groups -OCH3 is 1. The molecular formula is C12H15F3O4S2. The van der Waals surface area contributed by atoms with Gasteiger partial charge in [0, 0.05) is 17.8 Å². The highest BCUT2D eigenvalue weighted by Crippen LogP contribution is 2.28. The molecule has 0 bridgehead atoms. The molecule has 0 spiro atoms. The molecule has 4 nitrogen and oxygen atoms in total. The second-order valence-corrected chi connectivity index (χ2v) is 6.65. The number of alkyl halides is 3. The largest absolute Gasteiger partial charge is 0.524 e. The lowest BCUT2D eigenvalue weighted by Gasteiger charge is -2.07. The Hall–Kier alpha value is -0.930. The zero-order valence-corrected chi connectivity index (χ0v) is 12.9. The Labute approximate surface area is 126 Å². The van der Waals surface area contributed by atoms with Crippen molar-refractivity contribution < 1.29 is 30.0 Å². The van der Waals surface area contributed by atoms with Crippen LogP contribution in [0.2, 0.25) is 0 Å². The van der Waals surface area contributed by atoms with Crippen LogP contribution in [-0.4, -0.2) is 26.8 Å². The van der Waals surface area contributed by atoms with Crippen LogP contribution in [0.5, 0.6) is 5.75 Å². The van der Waals surface area contributed by atoms with Crippen LogP contribution in [0.15, 0.2) is 24.3 Å². The molecule has 0 radical (unpaired) electrons. The van der Waals surface area contributed by atoms with Gasteiger partial charge in [0.1, 0.15) is 5.75 Å². The summed E-state index contributed by atoms with van der Waals surface area (Å²) in [6.45, 7) is 0. The van der Waals surface area contributed by atoms with Gasteiger partial charge in [0.05, 0.1) is 7.11 Å². The normalized spacial score (nSPS) is 12.4. The summed E-state index contributed by atoms with van der Waals surface area (Å²) in [5, 5.41) is 0. The van der Waals surface area contributed by atoms with Crippen LogP contribution >= 0.6 is 12.0 Å². The van der Waals surface area contributed by atoms with Gasteiger partial charge >= 0.3 is 15.6 Å². The molecule has 0 saturated heterocycles. The SMILES string of the molecule is COc1ccc(CCCCSOS(=O)(=O)C(F)(F)F)cc1. The molecule has 0 aliphatic carbocycles. The van der Waals surface area contributed by atoms with Crippen LogP contribution in [0, 0.1) is 0 Å². The number of unbranched alkanes of at least 4 members (excludes halogenated alkanes) is 1. The van der Waals surface area contributed by atoms with E-state index in [1.807, 2.05) is 24.3 Å². The molecular weight excluding hydrogens is 329 g/mol. The molecule has 1 rings (SSSR count). The Morgan fingerprint density at radius 1 is 1.14 bits per heavy atom. The van der Waals surface area contributed by atoms with Crippen molar-refractivity contribution in [3.05, 3.63) is 29.8 Å². The van der Waals surface area contributed by atoms with Crippen molar-refractivity contribution in [2.45, 2.75) is 24.8 Å². The first kappa shape index (κ1) is 18.1. The second kappa shape index (κ2) is 7.90. The standard InChI is InChI=1S/C12H15F3O4S2/c1-18-11-7-5-10(6-8-11)4-2-3-9-20-19-21(16,17)12(13,14)15/h5-8H,2-4,9H2,1H3. The van der Waals surface area contributed by atoms with Crippen molar-refractivity contribution in [2.75, 3.05) is 12.9 Å². The third kappa shape index (κ3) is 6.15. The Morgan fingerprint density at radius 3 is 2.29 bits per heavy atom. The van der Waals surface area contributed by atoms with E-state index in [4.69, 9.17) is 4.74 Å². The first-order valence-electron chi connectivity index (χ1n) is 6.01. The zero-order valence-electron chi connectivity index (χ0n) is 11.2. The molecule has 120 valence electrons. The van der Waals surface area contributed by atoms with Crippen LogP contribution in [0.4, 0.5) is 13.2 Å². The molecule has 0 heterocycles. The fourth-order valence-electron chi connectivity index (χ4n) is 1.42. The summed E-state index contributed by atoms with van der Waals surface area (Å²) in [7, 11) is -3.93. The number of ether oxygens (including phenoxy) is 1. The van der Waals surface area contributed by atoms with Gasteiger partial charge in [-0.15, -0.1) is 0 Å². The van der Waals surface area contributed by atoms with Gasteiger partial charge in [-0.2, -0.15) is 25.2 Å². The van der Waals surface area contributed by atoms with Crippen LogP contribution in [0.25, 0.3) is 0 Å². The van der Waals surface area contributed by atoms with E-state index in [1.165, 1.54) is 0 Å². The zero-order chi connectivity index (χ0) is 15.9. The van der Waals surface area contributed by atoms with E-state index < -0.39 is 15.6 Å². The molecule has 0 fully saturated rings. The molecule has 1 aromatic carbocycles. The van der Waals surface area contributed by atoms with Crippen molar-refractivity contribution >= 4 is 22.2 Å². The minimum atomic E-state index is -5.50. The molecule has 0 saturated carbocycles. The molecule has 0 aliphatic rings. The van der Waals surface area contributed by atoms with E-state index in [2.05, 4.69) is 3.63 Å². The molecule has 9 heteroatoms. The van der Waals surface area contributed by atoms with E-state index in [-0.39, 0.29) is 5.75 Å². The van der Waals surface area contributed by atoms with Crippen LogP contribution in [0.3, 0.4) is 0 Å². The molecule has 0 atom stereocenters. The van der Waals surface area contributed by atoms with Crippen LogP contribution in [-0.2, 0) is 20.2 Å². The quantitative estimate of drug-likeness (QED) is 0.410. The fourth-order valence-corrected chi connectivity index (χ4v) is 2.83. The third-order valence-electron chi connectivity index (χ3n) is 2.52. The Balaban J connectivity index is 2.20. The van der Waals surface area contributed by atoms with Crippen LogP contribution < -0.4 is 4.74 Å². The topological polar surface area (TPSA) is 52.6 Å². The molecule has 1 aromatic rings. The Bertz CT molecular complexity index is 526. The van der Waals surface area contributed by atoms with Gasteiger partial charge in [0.25, 0.3) is 0 Å². The van der Waals surface area contributed by atoms with Gasteiger partial charge in [0.15, 0.2) is 0 Å². The van der Waals surface area contributed by atoms with Gasteiger partial charge < -0.3 is 4.74 Å². The lowest BCUT2D eigenvalue weighted by atomic mass is 10.1. The number of hydrogen-bond acceptors (Lipinski definition) is 5. The minimum Gasteiger partial charge on any atom is -0.497 e. The highest BCUT2D eigenvalue weighted by atomic mass is 32.3. The Morgan fingerprint density at radius 2 is 1.76 bits per heavy atom. The number of benzene rings is 1. The minimum absolute atomic E-state index is 0.172. The molecule has 21 heavy (non-hydrogen) atoms. The summed E-state index contributed by atoms with van der Waals surface area (Å²) in [6, 6.07) is 7.44. The lowest BCUT2D eigenvalue weighted by Crippen LogP contribution is -2.23. The van der Waals surface area contributed by atoms with Gasteiger partial charge in [-0.05, 0) is 37.0 Å². The average molecular weight is 344 g/mol. The molecule has 0 aromatic heterocycles. The first-order chi connectivity index (χ1) is 9.76. The summed E-state index contributed by atoms with van der Waals surface area (Å²) >= 11 is 0.300. The Kier molecular flexibility index (Phi) is 6.82. The van der Waals surface area contributed by atoms with Crippen molar-refractivity contribution in [1.82, 2.24) is 0 Å². The monoisotopic (exact) mass is 344 g/mol. The van der Waals surface area contributed by atoms with Crippen molar-refractivity contribution in [3.63, 3.8) is 0 Å². The average Bonchev–Trinajstić information content (AvgIpc) is 2.42. The van der Waals surface area contributed by atoms with E-state index in [0.29, 0.717) is 18.5 Å². The fraction of sp³-hybridized carbons (Fsp3) is 0.500. The highest BCUT2D eigenvalue weighted by molar-refractivity contribution is 8.04. The predicted octanol–water partition coefficient (Wildman–Crippen LogP) is 3.53. The molecule has 0 unspecified atom stereocenters. The van der Waals surface area contributed by atoms with E-state index >= 15 is 0 Å². The first-order valence-corrected chi connectivity index (χ1v) is 8.33. The van der Waals surface area contributed by atoms with Gasteiger partial charge in [0.2, 0.25) is 0 Å². The summed E-state index contributed by atoms with van der Waals surface area (Å²) < 4.78 is 65.9. The highest BCUT2D eigenvalue weighted by Gasteiger charge is 2.47. The number of aryl methyl sites for hydroxylation is 1. The number of halogens is 3.